The van der Waals surface area contributed by atoms with Gasteiger partial charge in [0.05, 0.1) is 0 Å². The second-order valence-electron chi connectivity index (χ2n) is 4.10. The molecular formula is C9H12ClN3O. The largest absolute Gasteiger partial charge is 0.407 e. The third kappa shape index (κ3) is 1.21. The van der Waals surface area contributed by atoms with Crippen molar-refractivity contribution in [3.05, 3.63) is 5.89 Å². The van der Waals surface area contributed by atoms with Crippen LogP contribution in [0.15, 0.2) is 4.42 Å². The molecule has 0 radical (unpaired) electrons. The molecular weight excluding hydrogens is 202 g/mol. The first-order chi connectivity index (χ1) is 6.86. The number of fused-ring (bicyclic) bond motifs is 2. The van der Waals surface area contributed by atoms with Gasteiger partial charge in [0.2, 0.25) is 5.89 Å². The molecule has 1 aromatic rings. The minimum Gasteiger partial charge on any atom is -0.407 e. The molecule has 2 unspecified atom stereocenters. The van der Waals surface area contributed by atoms with Gasteiger partial charge in [0.25, 0.3) is 0 Å². The predicted octanol–water partition coefficient (Wildman–Crippen LogP) is 1.80. The maximum atomic E-state index is 5.61. The third-order valence-electron chi connectivity index (χ3n) is 3.23. The van der Waals surface area contributed by atoms with Gasteiger partial charge in [-0.2, -0.15) is 0 Å². The first-order valence-corrected chi connectivity index (χ1v) is 5.55. The summed E-state index contributed by atoms with van der Waals surface area (Å²) in [6.45, 7) is 1.08. The van der Waals surface area contributed by atoms with E-state index in [2.05, 4.69) is 15.1 Å². The van der Waals surface area contributed by atoms with Gasteiger partial charge in [-0.05, 0) is 25.2 Å². The van der Waals surface area contributed by atoms with Crippen molar-refractivity contribution in [2.45, 2.75) is 31.2 Å². The Balaban J connectivity index is 1.82. The van der Waals surface area contributed by atoms with Gasteiger partial charge < -0.3 is 9.32 Å². The van der Waals surface area contributed by atoms with Crippen molar-refractivity contribution in [1.29, 1.82) is 0 Å². The number of alkyl halides is 1. The molecule has 2 fully saturated rings. The first kappa shape index (κ1) is 8.53. The molecule has 1 aliphatic heterocycles. The number of aromatic nitrogens is 2. The lowest BCUT2D eigenvalue weighted by atomic mass is 10.1. The summed E-state index contributed by atoms with van der Waals surface area (Å²) in [6, 6.07) is 1.29. The van der Waals surface area contributed by atoms with E-state index in [4.69, 9.17) is 16.0 Å². The molecule has 76 valence electrons. The third-order valence-corrected chi connectivity index (χ3v) is 3.45. The molecule has 1 saturated heterocycles. The van der Waals surface area contributed by atoms with E-state index in [0.29, 0.717) is 23.8 Å². The normalized spacial score (nSPS) is 30.2. The van der Waals surface area contributed by atoms with E-state index < -0.39 is 0 Å². The quantitative estimate of drug-likeness (QED) is 0.703. The van der Waals surface area contributed by atoms with Crippen molar-refractivity contribution in [1.82, 2.24) is 10.2 Å². The molecule has 4 nitrogen and oxygen atoms in total. The number of piperidine rings is 1. The Kier molecular flexibility index (Phi) is 1.90. The zero-order valence-corrected chi connectivity index (χ0v) is 8.57. The lowest BCUT2D eigenvalue weighted by Crippen LogP contribution is -2.32. The van der Waals surface area contributed by atoms with Gasteiger partial charge in [0, 0.05) is 12.6 Å². The van der Waals surface area contributed by atoms with Gasteiger partial charge in [-0.3, -0.25) is 0 Å². The van der Waals surface area contributed by atoms with Crippen molar-refractivity contribution < 1.29 is 4.42 Å². The molecule has 1 saturated carbocycles. The SMILES string of the molecule is ClCc1nnc(N2CC3CCC2C3)o1. The van der Waals surface area contributed by atoms with Crippen LogP contribution in [0.4, 0.5) is 6.01 Å². The highest BCUT2D eigenvalue weighted by Crippen LogP contribution is 2.39. The zero-order valence-electron chi connectivity index (χ0n) is 7.82. The van der Waals surface area contributed by atoms with E-state index >= 15 is 0 Å². The summed E-state index contributed by atoms with van der Waals surface area (Å²) in [5, 5.41) is 7.89. The molecule has 0 spiro atoms. The fraction of sp³-hybridized carbons (Fsp3) is 0.778. The van der Waals surface area contributed by atoms with Crippen LogP contribution in [-0.4, -0.2) is 22.8 Å². The molecule has 2 atom stereocenters. The summed E-state index contributed by atoms with van der Waals surface area (Å²) in [4.78, 5) is 2.23. The fourth-order valence-corrected chi connectivity index (χ4v) is 2.68. The fourth-order valence-electron chi connectivity index (χ4n) is 2.57. The summed E-state index contributed by atoms with van der Waals surface area (Å²) in [5.74, 6) is 1.66. The minimum absolute atomic E-state index is 0.301. The maximum Gasteiger partial charge on any atom is 0.318 e. The second kappa shape index (κ2) is 3.12. The van der Waals surface area contributed by atoms with Crippen LogP contribution >= 0.6 is 11.6 Å². The molecule has 2 bridgehead atoms. The average Bonchev–Trinajstić information content (AvgIpc) is 2.93. The lowest BCUT2D eigenvalue weighted by molar-refractivity contribution is 0.467. The van der Waals surface area contributed by atoms with Gasteiger partial charge >= 0.3 is 6.01 Å². The van der Waals surface area contributed by atoms with E-state index in [1.807, 2.05) is 0 Å². The Morgan fingerprint density at radius 2 is 2.36 bits per heavy atom. The van der Waals surface area contributed by atoms with Crippen molar-refractivity contribution in [3.63, 3.8) is 0 Å². The molecule has 0 N–H and O–H groups in total. The number of hydrogen-bond acceptors (Lipinski definition) is 4. The summed E-state index contributed by atoms with van der Waals surface area (Å²) in [7, 11) is 0. The number of anilines is 1. The summed E-state index contributed by atoms with van der Waals surface area (Å²) in [6.07, 6.45) is 3.92. The van der Waals surface area contributed by atoms with Crippen LogP contribution in [0.1, 0.15) is 25.2 Å². The predicted molar refractivity (Wildman–Crippen MR) is 52.3 cm³/mol. The number of halogens is 1. The van der Waals surface area contributed by atoms with Crippen LogP contribution in [0.2, 0.25) is 0 Å². The lowest BCUT2D eigenvalue weighted by Gasteiger charge is -2.24. The topological polar surface area (TPSA) is 42.2 Å². The second-order valence-corrected chi connectivity index (χ2v) is 4.36. The summed E-state index contributed by atoms with van der Waals surface area (Å²) < 4.78 is 5.44. The van der Waals surface area contributed by atoms with Gasteiger partial charge in [-0.15, -0.1) is 16.7 Å². The van der Waals surface area contributed by atoms with Crippen LogP contribution in [0.3, 0.4) is 0 Å². The summed E-state index contributed by atoms with van der Waals surface area (Å²) in [5.41, 5.74) is 0. The van der Waals surface area contributed by atoms with Crippen LogP contribution in [0.25, 0.3) is 0 Å². The van der Waals surface area contributed by atoms with Gasteiger partial charge in [-0.25, -0.2) is 0 Å². The van der Waals surface area contributed by atoms with Crippen molar-refractivity contribution >= 4 is 17.6 Å². The Bertz CT molecular complexity index is 341. The standard InChI is InChI=1S/C9H12ClN3O/c10-4-8-11-12-9(14-8)13-5-6-1-2-7(13)3-6/h6-7H,1-5H2. The van der Waals surface area contributed by atoms with Crippen molar-refractivity contribution in [2.24, 2.45) is 5.92 Å². The maximum absolute atomic E-state index is 5.61. The van der Waals surface area contributed by atoms with Gasteiger partial charge in [0.15, 0.2) is 0 Å². The summed E-state index contributed by atoms with van der Waals surface area (Å²) >= 11 is 5.61. The molecule has 1 aromatic heterocycles. The van der Waals surface area contributed by atoms with Gasteiger partial charge in [-0.1, -0.05) is 5.10 Å². The van der Waals surface area contributed by atoms with Crippen LogP contribution < -0.4 is 4.90 Å². The first-order valence-electron chi connectivity index (χ1n) is 5.02. The minimum atomic E-state index is 0.301. The monoisotopic (exact) mass is 213 g/mol. The smallest absolute Gasteiger partial charge is 0.318 e. The Labute approximate surface area is 87.2 Å². The van der Waals surface area contributed by atoms with E-state index in [1.54, 1.807) is 0 Å². The highest BCUT2D eigenvalue weighted by Gasteiger charge is 2.39. The van der Waals surface area contributed by atoms with Crippen LogP contribution in [0.5, 0.6) is 0 Å². The van der Waals surface area contributed by atoms with Crippen LogP contribution in [-0.2, 0) is 5.88 Å². The van der Waals surface area contributed by atoms with E-state index in [-0.39, 0.29) is 0 Å². The molecule has 3 rings (SSSR count). The van der Waals surface area contributed by atoms with Gasteiger partial charge in [0.1, 0.15) is 5.88 Å². The molecule has 1 aliphatic carbocycles. The molecule has 2 aliphatic rings. The van der Waals surface area contributed by atoms with Crippen LogP contribution in [0, 0.1) is 5.92 Å². The van der Waals surface area contributed by atoms with Crippen molar-refractivity contribution in [3.8, 4) is 0 Å². The average molecular weight is 214 g/mol. The number of rotatable bonds is 2. The molecule has 0 aromatic carbocycles. The highest BCUT2D eigenvalue weighted by molar-refractivity contribution is 6.16. The van der Waals surface area contributed by atoms with E-state index in [9.17, 15) is 0 Å². The Hall–Kier alpha value is -0.770. The molecule has 5 heteroatoms. The highest BCUT2D eigenvalue weighted by atomic mass is 35.5. The zero-order chi connectivity index (χ0) is 9.54. The van der Waals surface area contributed by atoms with E-state index in [0.717, 1.165) is 12.5 Å². The molecule has 2 heterocycles. The van der Waals surface area contributed by atoms with Crippen molar-refractivity contribution in [2.75, 3.05) is 11.4 Å². The van der Waals surface area contributed by atoms with E-state index in [1.165, 1.54) is 19.3 Å². The Morgan fingerprint density at radius 3 is 2.93 bits per heavy atom. The Morgan fingerprint density at radius 1 is 1.43 bits per heavy atom. The molecule has 14 heavy (non-hydrogen) atoms. The molecule has 0 amide bonds. The number of nitrogens with zero attached hydrogens (tertiary/aromatic N) is 3. The number of hydrogen-bond donors (Lipinski definition) is 0.